The van der Waals surface area contributed by atoms with E-state index in [2.05, 4.69) is 10.9 Å². The number of aliphatic carboxylic acids is 1. The van der Waals surface area contributed by atoms with E-state index < -0.39 is 5.97 Å². The minimum atomic E-state index is -0.890. The first kappa shape index (κ1) is 15.2. The number of carboxylic acids is 1. The SMILES string of the molecule is C#CCN(CC(=O)O)Cc1csc(-c2ccc(C)cc2)n1. The molecule has 0 bridgehead atoms. The molecule has 0 aliphatic carbocycles. The number of hydrogen-bond acceptors (Lipinski definition) is 4. The number of carboxylic acid groups (broad SMARTS) is 1. The van der Waals surface area contributed by atoms with Crippen LogP contribution < -0.4 is 0 Å². The van der Waals surface area contributed by atoms with Crippen molar-refractivity contribution >= 4 is 17.3 Å². The number of rotatable bonds is 6. The zero-order valence-electron chi connectivity index (χ0n) is 11.7. The fraction of sp³-hybridized carbons (Fsp3) is 0.250. The Bertz CT molecular complexity index is 656. The third kappa shape index (κ3) is 4.42. The molecule has 1 aromatic carbocycles. The number of aromatic nitrogens is 1. The van der Waals surface area contributed by atoms with Gasteiger partial charge in [-0.1, -0.05) is 35.7 Å². The summed E-state index contributed by atoms with van der Waals surface area (Å²) in [5.41, 5.74) is 3.11. The van der Waals surface area contributed by atoms with Gasteiger partial charge in [-0.2, -0.15) is 0 Å². The number of benzene rings is 1. The Balaban J connectivity index is 2.10. The Morgan fingerprint density at radius 2 is 2.14 bits per heavy atom. The highest BCUT2D eigenvalue weighted by Gasteiger charge is 2.12. The molecule has 0 fully saturated rings. The van der Waals surface area contributed by atoms with Gasteiger partial charge in [0.15, 0.2) is 0 Å². The fourth-order valence-electron chi connectivity index (χ4n) is 1.93. The van der Waals surface area contributed by atoms with Gasteiger partial charge in [-0.05, 0) is 6.92 Å². The number of terminal acetylenes is 1. The van der Waals surface area contributed by atoms with Gasteiger partial charge in [0.05, 0.1) is 18.8 Å². The minimum absolute atomic E-state index is 0.0818. The van der Waals surface area contributed by atoms with Gasteiger partial charge in [-0.25, -0.2) is 4.98 Å². The molecule has 21 heavy (non-hydrogen) atoms. The normalized spacial score (nSPS) is 10.5. The highest BCUT2D eigenvalue weighted by Crippen LogP contribution is 2.24. The Hall–Kier alpha value is -2.16. The van der Waals surface area contributed by atoms with E-state index in [-0.39, 0.29) is 6.54 Å². The molecule has 0 saturated carbocycles. The number of nitrogens with zero attached hydrogens (tertiary/aromatic N) is 2. The summed E-state index contributed by atoms with van der Waals surface area (Å²) in [5, 5.41) is 11.7. The van der Waals surface area contributed by atoms with Crippen LogP contribution in [0.4, 0.5) is 0 Å². The van der Waals surface area contributed by atoms with Gasteiger partial charge in [-0.15, -0.1) is 17.8 Å². The smallest absolute Gasteiger partial charge is 0.317 e. The molecule has 4 nitrogen and oxygen atoms in total. The molecular formula is C16H16N2O2S. The van der Waals surface area contributed by atoms with Crippen LogP contribution in [0.3, 0.4) is 0 Å². The molecule has 0 aliphatic rings. The third-order valence-corrected chi connectivity index (χ3v) is 3.85. The quantitative estimate of drug-likeness (QED) is 0.833. The molecule has 2 aromatic rings. The summed E-state index contributed by atoms with van der Waals surface area (Å²) in [6.07, 6.45) is 5.27. The molecule has 1 heterocycles. The van der Waals surface area contributed by atoms with Crippen LogP contribution in [0.25, 0.3) is 10.6 Å². The van der Waals surface area contributed by atoms with E-state index in [1.165, 1.54) is 5.56 Å². The summed E-state index contributed by atoms with van der Waals surface area (Å²) in [5.74, 6) is 1.59. The molecule has 5 heteroatoms. The molecule has 0 amide bonds. The predicted octanol–water partition coefficient (Wildman–Crippen LogP) is 2.64. The lowest BCUT2D eigenvalue weighted by Gasteiger charge is -2.15. The first-order valence-corrected chi connectivity index (χ1v) is 7.35. The molecule has 0 saturated heterocycles. The minimum Gasteiger partial charge on any atom is -0.480 e. The van der Waals surface area contributed by atoms with Crippen molar-refractivity contribution in [3.05, 3.63) is 40.9 Å². The number of hydrogen-bond donors (Lipinski definition) is 1. The van der Waals surface area contributed by atoms with Crippen molar-refractivity contribution in [3.63, 3.8) is 0 Å². The lowest BCUT2D eigenvalue weighted by molar-refractivity contribution is -0.138. The van der Waals surface area contributed by atoms with Crippen LogP contribution in [0.5, 0.6) is 0 Å². The van der Waals surface area contributed by atoms with Crippen molar-refractivity contribution in [1.29, 1.82) is 0 Å². The van der Waals surface area contributed by atoms with Crippen LogP contribution in [-0.4, -0.2) is 34.0 Å². The lowest BCUT2D eigenvalue weighted by Crippen LogP contribution is -2.29. The van der Waals surface area contributed by atoms with Gasteiger partial charge in [0.25, 0.3) is 0 Å². The second-order valence-electron chi connectivity index (χ2n) is 4.75. The Morgan fingerprint density at radius 1 is 1.43 bits per heavy atom. The first-order valence-electron chi connectivity index (χ1n) is 6.47. The zero-order chi connectivity index (χ0) is 15.2. The first-order chi connectivity index (χ1) is 10.1. The highest BCUT2D eigenvalue weighted by atomic mass is 32.1. The van der Waals surface area contributed by atoms with E-state index in [0.717, 1.165) is 16.3 Å². The van der Waals surface area contributed by atoms with Gasteiger partial charge >= 0.3 is 5.97 Å². The molecule has 0 aliphatic heterocycles. The summed E-state index contributed by atoms with van der Waals surface area (Å²) >= 11 is 1.55. The molecule has 1 aromatic heterocycles. The largest absolute Gasteiger partial charge is 0.480 e. The lowest BCUT2D eigenvalue weighted by atomic mass is 10.2. The molecule has 0 radical (unpaired) electrons. The van der Waals surface area contributed by atoms with Crippen LogP contribution in [0.1, 0.15) is 11.3 Å². The van der Waals surface area contributed by atoms with Crippen LogP contribution in [-0.2, 0) is 11.3 Å². The van der Waals surface area contributed by atoms with Crippen molar-refractivity contribution in [1.82, 2.24) is 9.88 Å². The summed E-state index contributed by atoms with van der Waals surface area (Å²) in [7, 11) is 0. The maximum Gasteiger partial charge on any atom is 0.317 e. The topological polar surface area (TPSA) is 53.4 Å². The fourth-order valence-corrected chi connectivity index (χ4v) is 2.74. The van der Waals surface area contributed by atoms with Gasteiger partial charge < -0.3 is 5.11 Å². The molecule has 2 rings (SSSR count). The number of thiazole rings is 1. The maximum atomic E-state index is 10.8. The highest BCUT2D eigenvalue weighted by molar-refractivity contribution is 7.13. The second kappa shape index (κ2) is 7.02. The average Bonchev–Trinajstić information content (AvgIpc) is 2.87. The standard InChI is InChI=1S/C16H16N2O2S/c1-3-8-18(10-15(19)20)9-14-11-21-16(17-14)13-6-4-12(2)5-7-13/h1,4-7,11H,8-10H2,2H3,(H,19,20). The van der Waals surface area contributed by atoms with E-state index in [9.17, 15) is 4.79 Å². The van der Waals surface area contributed by atoms with E-state index in [4.69, 9.17) is 11.5 Å². The van der Waals surface area contributed by atoms with Crippen LogP contribution in [0.15, 0.2) is 29.6 Å². The van der Waals surface area contributed by atoms with Crippen LogP contribution in [0, 0.1) is 19.3 Å². The van der Waals surface area contributed by atoms with Crippen molar-refractivity contribution in [2.45, 2.75) is 13.5 Å². The summed E-state index contributed by atoms with van der Waals surface area (Å²) < 4.78 is 0. The van der Waals surface area contributed by atoms with E-state index in [0.29, 0.717) is 13.1 Å². The van der Waals surface area contributed by atoms with E-state index in [1.807, 2.05) is 36.6 Å². The van der Waals surface area contributed by atoms with E-state index >= 15 is 0 Å². The summed E-state index contributed by atoms with van der Waals surface area (Å²) in [6.45, 7) is 2.70. The molecule has 0 unspecified atom stereocenters. The molecule has 0 atom stereocenters. The maximum absolute atomic E-state index is 10.8. The van der Waals surface area contributed by atoms with Crippen molar-refractivity contribution < 1.29 is 9.90 Å². The van der Waals surface area contributed by atoms with Gasteiger partial charge in [0.2, 0.25) is 0 Å². The van der Waals surface area contributed by atoms with Crippen LogP contribution in [0.2, 0.25) is 0 Å². The monoisotopic (exact) mass is 300 g/mol. The Labute approximate surface area is 128 Å². The van der Waals surface area contributed by atoms with E-state index in [1.54, 1.807) is 16.2 Å². The van der Waals surface area contributed by atoms with Crippen molar-refractivity contribution in [3.8, 4) is 22.9 Å². The number of carbonyl (C=O) groups is 1. The Kier molecular flexibility index (Phi) is 5.09. The molecular weight excluding hydrogens is 284 g/mol. The van der Waals surface area contributed by atoms with Gasteiger partial charge in [0.1, 0.15) is 5.01 Å². The van der Waals surface area contributed by atoms with Crippen LogP contribution >= 0.6 is 11.3 Å². The van der Waals surface area contributed by atoms with Gasteiger partial charge in [0, 0.05) is 17.5 Å². The molecule has 108 valence electrons. The predicted molar refractivity (Wildman–Crippen MR) is 84.0 cm³/mol. The average molecular weight is 300 g/mol. The summed E-state index contributed by atoms with van der Waals surface area (Å²) in [6, 6.07) is 8.17. The van der Waals surface area contributed by atoms with Gasteiger partial charge in [-0.3, -0.25) is 9.69 Å². The zero-order valence-corrected chi connectivity index (χ0v) is 12.6. The number of aryl methyl sites for hydroxylation is 1. The Morgan fingerprint density at radius 3 is 2.76 bits per heavy atom. The molecule has 0 spiro atoms. The third-order valence-electron chi connectivity index (χ3n) is 2.91. The van der Waals surface area contributed by atoms with Crippen molar-refractivity contribution in [2.75, 3.05) is 13.1 Å². The molecule has 1 N–H and O–H groups in total. The van der Waals surface area contributed by atoms with Crippen molar-refractivity contribution in [2.24, 2.45) is 0 Å². The summed E-state index contributed by atoms with van der Waals surface area (Å²) in [4.78, 5) is 17.0. The second-order valence-corrected chi connectivity index (χ2v) is 5.61.